The molecule has 0 aliphatic carbocycles. The van der Waals surface area contributed by atoms with Gasteiger partial charge in [0.2, 0.25) is 0 Å². The van der Waals surface area contributed by atoms with Crippen molar-refractivity contribution >= 4 is 0 Å². The summed E-state index contributed by atoms with van der Waals surface area (Å²) in [5.41, 5.74) is 2.54. The Bertz CT molecular complexity index is 269. The summed E-state index contributed by atoms with van der Waals surface area (Å²) in [6.07, 6.45) is 2.93. The smallest absolute Gasteiger partial charge is 0.0573 e. The summed E-state index contributed by atoms with van der Waals surface area (Å²) in [6, 6.07) is 4.16. The van der Waals surface area contributed by atoms with Gasteiger partial charge in [-0.1, -0.05) is 26.8 Å². The zero-order valence-corrected chi connectivity index (χ0v) is 9.38. The van der Waals surface area contributed by atoms with Gasteiger partial charge in [0, 0.05) is 12.7 Å². The summed E-state index contributed by atoms with van der Waals surface area (Å²) in [4.78, 5) is 4.38. The fraction of sp³-hybridized carbons (Fsp3) is 0.583. The monoisotopic (exact) mass is 192 g/mol. The second-order valence-electron chi connectivity index (χ2n) is 3.99. The van der Waals surface area contributed by atoms with Gasteiger partial charge in [0.05, 0.1) is 5.69 Å². The van der Waals surface area contributed by atoms with Crippen molar-refractivity contribution in [3.05, 3.63) is 29.6 Å². The highest BCUT2D eigenvalue weighted by Crippen LogP contribution is 2.05. The van der Waals surface area contributed by atoms with Gasteiger partial charge in [-0.05, 0) is 30.5 Å². The third-order valence-corrected chi connectivity index (χ3v) is 2.21. The second-order valence-corrected chi connectivity index (χ2v) is 3.99. The van der Waals surface area contributed by atoms with E-state index in [9.17, 15) is 0 Å². The van der Waals surface area contributed by atoms with Crippen molar-refractivity contribution in [2.75, 3.05) is 6.54 Å². The zero-order chi connectivity index (χ0) is 10.4. The van der Waals surface area contributed by atoms with Gasteiger partial charge in [-0.3, -0.25) is 4.98 Å². The van der Waals surface area contributed by atoms with Crippen LogP contribution in [-0.4, -0.2) is 11.5 Å². The van der Waals surface area contributed by atoms with E-state index < -0.39 is 0 Å². The van der Waals surface area contributed by atoms with E-state index in [0.717, 1.165) is 19.5 Å². The Morgan fingerprint density at radius 1 is 1.43 bits per heavy atom. The standard InChI is InChI=1S/C12H20N2/c1-4-11-6-5-7-14-12(11)9-13-8-10(2)3/h5-7,10,13H,4,8-9H2,1-3H3. The molecule has 1 rings (SSSR count). The van der Waals surface area contributed by atoms with Gasteiger partial charge in [-0.15, -0.1) is 0 Å². The topological polar surface area (TPSA) is 24.9 Å². The molecule has 78 valence electrons. The van der Waals surface area contributed by atoms with Crippen LogP contribution < -0.4 is 5.32 Å². The summed E-state index contributed by atoms with van der Waals surface area (Å²) >= 11 is 0. The van der Waals surface area contributed by atoms with E-state index in [2.05, 4.69) is 37.1 Å². The molecule has 0 saturated heterocycles. The van der Waals surface area contributed by atoms with Gasteiger partial charge in [-0.25, -0.2) is 0 Å². The molecule has 0 radical (unpaired) electrons. The number of nitrogens with zero attached hydrogens (tertiary/aromatic N) is 1. The molecule has 0 amide bonds. The van der Waals surface area contributed by atoms with Crippen molar-refractivity contribution in [3.8, 4) is 0 Å². The van der Waals surface area contributed by atoms with Crippen LogP contribution in [0.15, 0.2) is 18.3 Å². The summed E-state index contributed by atoms with van der Waals surface area (Å²) in [6.45, 7) is 8.54. The van der Waals surface area contributed by atoms with Crippen molar-refractivity contribution < 1.29 is 0 Å². The van der Waals surface area contributed by atoms with E-state index in [1.165, 1.54) is 11.3 Å². The van der Waals surface area contributed by atoms with Crippen LogP contribution in [0.1, 0.15) is 32.0 Å². The van der Waals surface area contributed by atoms with Gasteiger partial charge in [0.15, 0.2) is 0 Å². The molecule has 0 saturated carbocycles. The Labute approximate surface area is 86.8 Å². The summed E-state index contributed by atoms with van der Waals surface area (Å²) < 4.78 is 0. The maximum Gasteiger partial charge on any atom is 0.0573 e. The molecule has 0 aromatic carbocycles. The number of rotatable bonds is 5. The van der Waals surface area contributed by atoms with Gasteiger partial charge in [0.25, 0.3) is 0 Å². The lowest BCUT2D eigenvalue weighted by Gasteiger charge is -2.09. The van der Waals surface area contributed by atoms with Crippen LogP contribution in [0.5, 0.6) is 0 Å². The summed E-state index contributed by atoms with van der Waals surface area (Å²) in [5, 5.41) is 3.41. The molecule has 14 heavy (non-hydrogen) atoms. The summed E-state index contributed by atoms with van der Waals surface area (Å²) in [7, 11) is 0. The average Bonchev–Trinajstić information content (AvgIpc) is 2.18. The Kier molecular flexibility index (Phi) is 4.60. The quantitative estimate of drug-likeness (QED) is 0.775. The predicted octanol–water partition coefficient (Wildman–Crippen LogP) is 2.39. The van der Waals surface area contributed by atoms with Gasteiger partial charge >= 0.3 is 0 Å². The Hall–Kier alpha value is -0.890. The lowest BCUT2D eigenvalue weighted by molar-refractivity contribution is 0.546. The lowest BCUT2D eigenvalue weighted by Crippen LogP contribution is -2.20. The van der Waals surface area contributed by atoms with Crippen molar-refractivity contribution in [2.24, 2.45) is 5.92 Å². The average molecular weight is 192 g/mol. The first kappa shape index (κ1) is 11.2. The van der Waals surface area contributed by atoms with E-state index in [1.807, 2.05) is 12.3 Å². The van der Waals surface area contributed by atoms with E-state index in [4.69, 9.17) is 0 Å². The molecule has 0 bridgehead atoms. The number of nitrogens with one attached hydrogen (secondary N) is 1. The molecule has 2 nitrogen and oxygen atoms in total. The third kappa shape index (κ3) is 3.46. The van der Waals surface area contributed by atoms with Gasteiger partial charge in [-0.2, -0.15) is 0 Å². The Balaban J connectivity index is 2.49. The number of aromatic nitrogens is 1. The van der Waals surface area contributed by atoms with Crippen molar-refractivity contribution in [3.63, 3.8) is 0 Å². The molecule has 1 heterocycles. The van der Waals surface area contributed by atoms with E-state index in [0.29, 0.717) is 5.92 Å². The molecule has 0 fully saturated rings. The SMILES string of the molecule is CCc1cccnc1CNCC(C)C. The minimum Gasteiger partial charge on any atom is -0.311 e. The molecule has 0 spiro atoms. The second kappa shape index (κ2) is 5.76. The molecule has 1 aromatic rings. The molecule has 1 aromatic heterocycles. The number of hydrogen-bond acceptors (Lipinski definition) is 2. The molecular formula is C12H20N2. The maximum absolute atomic E-state index is 4.38. The third-order valence-electron chi connectivity index (χ3n) is 2.21. The van der Waals surface area contributed by atoms with Crippen LogP contribution in [0.25, 0.3) is 0 Å². The summed E-state index contributed by atoms with van der Waals surface area (Å²) in [5.74, 6) is 0.698. The molecule has 0 aliphatic rings. The largest absolute Gasteiger partial charge is 0.311 e. The number of hydrogen-bond donors (Lipinski definition) is 1. The Morgan fingerprint density at radius 3 is 2.86 bits per heavy atom. The maximum atomic E-state index is 4.38. The fourth-order valence-electron chi connectivity index (χ4n) is 1.43. The van der Waals surface area contributed by atoms with E-state index in [-0.39, 0.29) is 0 Å². The van der Waals surface area contributed by atoms with Gasteiger partial charge in [0.1, 0.15) is 0 Å². The first-order valence-electron chi connectivity index (χ1n) is 5.37. The highest BCUT2D eigenvalue weighted by molar-refractivity contribution is 5.19. The minimum absolute atomic E-state index is 0.698. The van der Waals surface area contributed by atoms with Gasteiger partial charge < -0.3 is 5.32 Å². The van der Waals surface area contributed by atoms with Crippen LogP contribution >= 0.6 is 0 Å². The van der Waals surface area contributed by atoms with E-state index in [1.54, 1.807) is 0 Å². The normalized spacial score (nSPS) is 10.9. The molecule has 0 aliphatic heterocycles. The van der Waals surface area contributed by atoms with Crippen LogP contribution in [-0.2, 0) is 13.0 Å². The van der Waals surface area contributed by atoms with Crippen LogP contribution in [0.2, 0.25) is 0 Å². The van der Waals surface area contributed by atoms with Crippen LogP contribution in [0.4, 0.5) is 0 Å². The highest BCUT2D eigenvalue weighted by Gasteiger charge is 2.00. The van der Waals surface area contributed by atoms with Crippen molar-refractivity contribution in [1.82, 2.24) is 10.3 Å². The highest BCUT2D eigenvalue weighted by atomic mass is 14.9. The zero-order valence-electron chi connectivity index (χ0n) is 9.38. The molecule has 1 N–H and O–H groups in total. The molecular weight excluding hydrogens is 172 g/mol. The predicted molar refractivity (Wildman–Crippen MR) is 60.2 cm³/mol. The fourth-order valence-corrected chi connectivity index (χ4v) is 1.43. The first-order chi connectivity index (χ1) is 6.74. The van der Waals surface area contributed by atoms with Crippen molar-refractivity contribution in [2.45, 2.75) is 33.7 Å². The number of aryl methyl sites for hydroxylation is 1. The minimum atomic E-state index is 0.698. The molecule has 0 unspecified atom stereocenters. The van der Waals surface area contributed by atoms with E-state index >= 15 is 0 Å². The number of pyridine rings is 1. The van der Waals surface area contributed by atoms with Crippen LogP contribution in [0.3, 0.4) is 0 Å². The first-order valence-corrected chi connectivity index (χ1v) is 5.37. The van der Waals surface area contributed by atoms with Crippen molar-refractivity contribution in [1.29, 1.82) is 0 Å². The molecule has 2 heteroatoms. The lowest BCUT2D eigenvalue weighted by atomic mass is 10.1. The van der Waals surface area contributed by atoms with Crippen LogP contribution in [0, 0.1) is 5.92 Å². The Morgan fingerprint density at radius 2 is 2.21 bits per heavy atom. The molecule has 0 atom stereocenters.